The van der Waals surface area contributed by atoms with Gasteiger partial charge in [-0.05, 0) is 49.2 Å². The summed E-state index contributed by atoms with van der Waals surface area (Å²) in [4.78, 5) is 30.3. The zero-order chi connectivity index (χ0) is 23.7. The quantitative estimate of drug-likeness (QED) is 0.625. The number of benzene rings is 2. The molecular weight excluding hydrogens is 427 g/mol. The van der Waals surface area contributed by atoms with E-state index in [0.29, 0.717) is 35.8 Å². The van der Waals surface area contributed by atoms with Crippen LogP contribution >= 0.6 is 0 Å². The minimum Gasteiger partial charge on any atom is -0.493 e. The van der Waals surface area contributed by atoms with Crippen molar-refractivity contribution in [1.82, 2.24) is 9.80 Å². The maximum atomic E-state index is 13.6. The number of ether oxygens (including phenoxy) is 3. The Kier molecular flexibility index (Phi) is 6.37. The van der Waals surface area contributed by atoms with E-state index in [1.165, 1.54) is 36.3 Å². The Hall–Kier alpha value is -3.39. The number of morpholine rings is 1. The molecule has 1 fully saturated rings. The maximum absolute atomic E-state index is 13.6. The van der Waals surface area contributed by atoms with Crippen molar-refractivity contribution >= 4 is 17.4 Å². The Balaban J connectivity index is 1.72. The number of rotatable bonds is 6. The fraction of sp³-hybridized carbons (Fsp3) is 0.360. The minimum atomic E-state index is -0.414. The van der Waals surface area contributed by atoms with E-state index in [2.05, 4.69) is 0 Å². The molecule has 0 aromatic heterocycles. The molecule has 7 nitrogen and oxygen atoms in total. The lowest BCUT2D eigenvalue weighted by atomic mass is 10.0. The minimum absolute atomic E-state index is 0.0711. The van der Waals surface area contributed by atoms with E-state index in [0.717, 1.165) is 5.56 Å². The summed E-state index contributed by atoms with van der Waals surface area (Å²) in [5.41, 5.74) is 1.83. The molecule has 2 aromatic rings. The molecule has 2 unspecified atom stereocenters. The summed E-state index contributed by atoms with van der Waals surface area (Å²) in [6.07, 6.45) is -0.197. The van der Waals surface area contributed by atoms with Crippen LogP contribution in [0.3, 0.4) is 0 Å². The molecule has 2 amide bonds. The molecule has 174 valence electrons. The molecule has 0 aliphatic carbocycles. The van der Waals surface area contributed by atoms with Crippen LogP contribution in [-0.2, 0) is 20.9 Å². The fourth-order valence-corrected chi connectivity index (χ4v) is 4.40. The smallest absolute Gasteiger partial charge is 0.278 e. The van der Waals surface area contributed by atoms with Gasteiger partial charge in [0.1, 0.15) is 11.5 Å². The van der Waals surface area contributed by atoms with Gasteiger partial charge < -0.3 is 19.1 Å². The van der Waals surface area contributed by atoms with Crippen LogP contribution in [0.5, 0.6) is 11.5 Å². The van der Waals surface area contributed by atoms with Crippen LogP contribution in [0, 0.1) is 5.82 Å². The number of carbonyl (C=O) groups is 2. The number of hydrogen-bond donors (Lipinski definition) is 0. The Morgan fingerprint density at radius 1 is 0.939 bits per heavy atom. The third-order valence-electron chi connectivity index (χ3n) is 5.80. The first kappa shape index (κ1) is 22.8. The molecule has 4 rings (SSSR count). The molecule has 2 aromatic carbocycles. The van der Waals surface area contributed by atoms with Crippen LogP contribution in [0.15, 0.2) is 48.2 Å². The van der Waals surface area contributed by atoms with Gasteiger partial charge in [-0.25, -0.2) is 4.39 Å². The molecule has 2 heterocycles. The van der Waals surface area contributed by atoms with Gasteiger partial charge in [-0.2, -0.15) is 0 Å². The first-order valence-corrected chi connectivity index (χ1v) is 10.8. The van der Waals surface area contributed by atoms with Gasteiger partial charge in [-0.3, -0.25) is 14.5 Å². The molecule has 0 spiro atoms. The second kappa shape index (κ2) is 9.23. The number of halogens is 1. The van der Waals surface area contributed by atoms with E-state index in [-0.39, 0.29) is 30.2 Å². The number of imide groups is 1. The summed E-state index contributed by atoms with van der Waals surface area (Å²) in [6, 6.07) is 10.9. The molecule has 0 N–H and O–H groups in total. The molecule has 2 atom stereocenters. The van der Waals surface area contributed by atoms with Crippen molar-refractivity contribution in [2.45, 2.75) is 32.6 Å². The molecular formula is C25H27FN2O5. The van der Waals surface area contributed by atoms with Gasteiger partial charge in [0, 0.05) is 13.1 Å². The summed E-state index contributed by atoms with van der Waals surface area (Å²) in [7, 11) is 3.07. The highest BCUT2D eigenvalue weighted by Gasteiger charge is 2.43. The van der Waals surface area contributed by atoms with Crippen LogP contribution in [-0.4, -0.2) is 61.1 Å². The van der Waals surface area contributed by atoms with E-state index in [9.17, 15) is 14.0 Å². The van der Waals surface area contributed by atoms with Gasteiger partial charge >= 0.3 is 0 Å². The van der Waals surface area contributed by atoms with E-state index >= 15 is 0 Å². The van der Waals surface area contributed by atoms with E-state index in [1.54, 1.807) is 25.3 Å². The highest BCUT2D eigenvalue weighted by molar-refractivity contribution is 6.35. The van der Waals surface area contributed by atoms with E-state index in [1.807, 2.05) is 18.7 Å². The summed E-state index contributed by atoms with van der Waals surface area (Å²) in [6.45, 7) is 4.90. The van der Waals surface area contributed by atoms with Crippen molar-refractivity contribution < 1.29 is 28.2 Å². The summed E-state index contributed by atoms with van der Waals surface area (Å²) in [5, 5.41) is 0. The highest BCUT2D eigenvalue weighted by Crippen LogP contribution is 2.35. The van der Waals surface area contributed by atoms with Gasteiger partial charge in [0.05, 0.1) is 38.5 Å². The largest absolute Gasteiger partial charge is 0.493 e. The van der Waals surface area contributed by atoms with E-state index in [4.69, 9.17) is 14.2 Å². The second-order valence-electron chi connectivity index (χ2n) is 8.28. The molecule has 8 heteroatoms. The van der Waals surface area contributed by atoms with Gasteiger partial charge in [0.25, 0.3) is 11.8 Å². The number of carbonyl (C=O) groups excluding carboxylic acids is 2. The molecule has 0 radical (unpaired) electrons. The van der Waals surface area contributed by atoms with Gasteiger partial charge in [-0.15, -0.1) is 0 Å². The zero-order valence-corrected chi connectivity index (χ0v) is 19.1. The van der Waals surface area contributed by atoms with Gasteiger partial charge in [0.2, 0.25) is 0 Å². The van der Waals surface area contributed by atoms with Crippen molar-refractivity contribution in [3.05, 3.63) is 65.1 Å². The molecule has 0 saturated carbocycles. The van der Waals surface area contributed by atoms with E-state index < -0.39 is 11.7 Å². The number of nitrogens with zero attached hydrogens (tertiary/aromatic N) is 2. The fourth-order valence-electron chi connectivity index (χ4n) is 4.40. The second-order valence-corrected chi connectivity index (χ2v) is 8.28. The first-order chi connectivity index (χ1) is 15.8. The topological polar surface area (TPSA) is 68.3 Å². The van der Waals surface area contributed by atoms with Crippen molar-refractivity contribution in [3.8, 4) is 11.5 Å². The summed E-state index contributed by atoms with van der Waals surface area (Å²) < 4.78 is 30.0. The average Bonchev–Trinajstić information content (AvgIpc) is 3.03. The summed E-state index contributed by atoms with van der Waals surface area (Å²) in [5.74, 6) is -0.133. The molecule has 2 aliphatic heterocycles. The summed E-state index contributed by atoms with van der Waals surface area (Å²) >= 11 is 0. The molecule has 0 bridgehead atoms. The molecule has 33 heavy (non-hydrogen) atoms. The lowest BCUT2D eigenvalue weighted by Crippen LogP contribution is -2.46. The lowest BCUT2D eigenvalue weighted by molar-refractivity contribution is -0.139. The SMILES string of the molecule is COc1ccc(CN2C(=O)C(c3ccc(F)cc3)=C(N3CC(C)OC(C)C3)C2=O)cc1OC. The highest BCUT2D eigenvalue weighted by atomic mass is 19.1. The van der Waals surface area contributed by atoms with Crippen LogP contribution in [0.4, 0.5) is 4.39 Å². The van der Waals surface area contributed by atoms with Crippen molar-refractivity contribution in [3.63, 3.8) is 0 Å². The Morgan fingerprint density at radius 2 is 1.58 bits per heavy atom. The predicted octanol–water partition coefficient (Wildman–Crippen LogP) is 3.23. The standard InChI is InChI=1S/C25H27FN2O5/c1-15-12-27(13-16(2)33-15)23-22(18-6-8-19(26)9-7-18)24(29)28(25(23)30)14-17-5-10-20(31-3)21(11-17)32-4/h5-11,15-16H,12-14H2,1-4H3. The van der Waals surface area contributed by atoms with Gasteiger partial charge in [-0.1, -0.05) is 18.2 Å². The Morgan fingerprint density at radius 3 is 2.18 bits per heavy atom. The van der Waals surface area contributed by atoms with Crippen LogP contribution in [0.1, 0.15) is 25.0 Å². The lowest BCUT2D eigenvalue weighted by Gasteiger charge is -2.37. The Bertz CT molecular complexity index is 1090. The first-order valence-electron chi connectivity index (χ1n) is 10.8. The Labute approximate surface area is 192 Å². The van der Waals surface area contributed by atoms with Gasteiger partial charge in [0.15, 0.2) is 11.5 Å². The van der Waals surface area contributed by atoms with Crippen LogP contribution in [0.2, 0.25) is 0 Å². The third-order valence-corrected chi connectivity index (χ3v) is 5.80. The zero-order valence-electron chi connectivity index (χ0n) is 19.1. The molecule has 1 saturated heterocycles. The third kappa shape index (κ3) is 4.43. The van der Waals surface area contributed by atoms with Crippen LogP contribution in [0.25, 0.3) is 5.57 Å². The maximum Gasteiger partial charge on any atom is 0.278 e. The normalized spacial score (nSPS) is 21.1. The number of methoxy groups -OCH3 is 2. The molecule has 2 aliphatic rings. The van der Waals surface area contributed by atoms with Crippen molar-refractivity contribution in [2.24, 2.45) is 0 Å². The number of hydrogen-bond acceptors (Lipinski definition) is 6. The predicted molar refractivity (Wildman–Crippen MR) is 120 cm³/mol. The van der Waals surface area contributed by atoms with Crippen molar-refractivity contribution in [2.75, 3.05) is 27.3 Å². The number of amides is 2. The van der Waals surface area contributed by atoms with Crippen LogP contribution < -0.4 is 9.47 Å². The average molecular weight is 454 g/mol. The van der Waals surface area contributed by atoms with Crippen molar-refractivity contribution in [1.29, 1.82) is 0 Å². The monoisotopic (exact) mass is 454 g/mol.